The Labute approximate surface area is 107 Å². The molecule has 0 spiro atoms. The second-order valence-electron chi connectivity index (χ2n) is 4.83. The number of hydrogen-bond acceptors (Lipinski definition) is 3. The summed E-state index contributed by atoms with van der Waals surface area (Å²) in [5.41, 5.74) is 11.0. The summed E-state index contributed by atoms with van der Waals surface area (Å²) in [7, 11) is 0. The average molecular weight is 248 g/mol. The lowest BCUT2D eigenvalue weighted by Gasteiger charge is -2.21. The van der Waals surface area contributed by atoms with Crippen LogP contribution in [0.5, 0.6) is 0 Å². The van der Waals surface area contributed by atoms with E-state index in [4.69, 9.17) is 11.5 Å². The molecule has 0 aliphatic rings. The summed E-state index contributed by atoms with van der Waals surface area (Å²) in [6.07, 6.45) is 2.79. The van der Waals surface area contributed by atoms with Gasteiger partial charge in [-0.1, -0.05) is 36.8 Å². The van der Waals surface area contributed by atoms with E-state index in [0.717, 1.165) is 11.8 Å². The highest BCUT2D eigenvalue weighted by Gasteiger charge is 2.25. The van der Waals surface area contributed by atoms with Crippen molar-refractivity contribution in [2.75, 3.05) is 0 Å². The third-order valence-corrected chi connectivity index (χ3v) is 3.17. The van der Waals surface area contributed by atoms with E-state index < -0.39 is 11.4 Å². The number of aldehydes is 1. The Balaban J connectivity index is 2.52. The molecule has 1 aromatic rings. The van der Waals surface area contributed by atoms with Crippen LogP contribution in [-0.4, -0.2) is 17.7 Å². The molecule has 2 atom stereocenters. The van der Waals surface area contributed by atoms with Crippen LogP contribution in [0, 0.1) is 0 Å². The zero-order chi connectivity index (χ0) is 13.6. The van der Waals surface area contributed by atoms with E-state index in [2.05, 4.69) is 0 Å². The van der Waals surface area contributed by atoms with E-state index in [9.17, 15) is 9.59 Å². The third-order valence-electron chi connectivity index (χ3n) is 3.17. The van der Waals surface area contributed by atoms with Crippen molar-refractivity contribution in [2.45, 2.75) is 37.6 Å². The summed E-state index contributed by atoms with van der Waals surface area (Å²) in [4.78, 5) is 22.1. The maximum atomic E-state index is 11.1. The predicted molar refractivity (Wildman–Crippen MR) is 70.9 cm³/mol. The van der Waals surface area contributed by atoms with Gasteiger partial charge in [0.1, 0.15) is 6.29 Å². The lowest BCUT2D eigenvalue weighted by atomic mass is 9.90. The van der Waals surface area contributed by atoms with Crippen LogP contribution in [0.4, 0.5) is 0 Å². The van der Waals surface area contributed by atoms with E-state index in [1.165, 1.54) is 0 Å². The lowest BCUT2D eigenvalue weighted by Crippen LogP contribution is -2.49. The van der Waals surface area contributed by atoms with Crippen LogP contribution < -0.4 is 11.5 Å². The highest BCUT2D eigenvalue weighted by molar-refractivity contribution is 5.83. The summed E-state index contributed by atoms with van der Waals surface area (Å²) in [5, 5.41) is 0. The second-order valence-corrected chi connectivity index (χ2v) is 4.83. The molecule has 1 rings (SSSR count). The number of nitrogens with two attached hydrogens (primary N) is 2. The zero-order valence-electron chi connectivity index (χ0n) is 10.6. The molecule has 4 N–H and O–H groups in total. The molecule has 0 radical (unpaired) electrons. The highest BCUT2D eigenvalue weighted by Crippen LogP contribution is 2.21. The molecule has 0 saturated heterocycles. The molecular formula is C14H20N2O2. The van der Waals surface area contributed by atoms with E-state index >= 15 is 0 Å². The quantitative estimate of drug-likeness (QED) is 0.714. The molecule has 0 aromatic heterocycles. The number of primary amides is 1. The number of rotatable bonds is 7. The van der Waals surface area contributed by atoms with Gasteiger partial charge in [-0.2, -0.15) is 0 Å². The SMILES string of the molecule is CC(N)(CCCC(C=O)c1ccccc1)C(N)=O. The Hall–Kier alpha value is -1.68. The Morgan fingerprint density at radius 1 is 1.39 bits per heavy atom. The van der Waals surface area contributed by atoms with Gasteiger partial charge in [0.05, 0.1) is 5.54 Å². The Bertz CT molecular complexity index is 402. The van der Waals surface area contributed by atoms with Crippen molar-refractivity contribution in [2.24, 2.45) is 11.5 Å². The van der Waals surface area contributed by atoms with Gasteiger partial charge in [0.2, 0.25) is 5.91 Å². The van der Waals surface area contributed by atoms with Gasteiger partial charge in [-0.15, -0.1) is 0 Å². The number of carbonyl (C=O) groups excluding carboxylic acids is 2. The summed E-state index contributed by atoms with van der Waals surface area (Å²) < 4.78 is 0. The van der Waals surface area contributed by atoms with Gasteiger partial charge in [-0.05, 0) is 25.3 Å². The molecule has 0 fully saturated rings. The van der Waals surface area contributed by atoms with Crippen molar-refractivity contribution in [1.82, 2.24) is 0 Å². The minimum atomic E-state index is -0.996. The van der Waals surface area contributed by atoms with E-state index in [0.29, 0.717) is 19.3 Å². The fourth-order valence-corrected chi connectivity index (χ4v) is 1.83. The molecule has 18 heavy (non-hydrogen) atoms. The molecule has 4 nitrogen and oxygen atoms in total. The molecule has 2 unspecified atom stereocenters. The number of amides is 1. The minimum Gasteiger partial charge on any atom is -0.368 e. The van der Waals surface area contributed by atoms with Crippen LogP contribution >= 0.6 is 0 Å². The van der Waals surface area contributed by atoms with Crippen LogP contribution in [0.15, 0.2) is 30.3 Å². The normalized spacial score (nSPS) is 15.7. The van der Waals surface area contributed by atoms with Crippen molar-refractivity contribution >= 4 is 12.2 Å². The molecule has 1 aromatic carbocycles. The first-order chi connectivity index (χ1) is 8.47. The summed E-state index contributed by atoms with van der Waals surface area (Å²) in [6, 6.07) is 9.57. The predicted octanol–water partition coefficient (Wildman–Crippen LogP) is 1.34. The fourth-order valence-electron chi connectivity index (χ4n) is 1.83. The van der Waals surface area contributed by atoms with Crippen molar-refractivity contribution < 1.29 is 9.59 Å². The topological polar surface area (TPSA) is 86.2 Å². The van der Waals surface area contributed by atoms with Crippen molar-refractivity contribution in [3.8, 4) is 0 Å². The fraction of sp³-hybridized carbons (Fsp3) is 0.429. The molecule has 0 bridgehead atoms. The molecule has 0 heterocycles. The van der Waals surface area contributed by atoms with Gasteiger partial charge in [0.15, 0.2) is 0 Å². The first-order valence-corrected chi connectivity index (χ1v) is 6.06. The molecule has 0 aliphatic carbocycles. The Kier molecular flexibility index (Phi) is 5.04. The van der Waals surface area contributed by atoms with Gasteiger partial charge in [0.25, 0.3) is 0 Å². The first kappa shape index (κ1) is 14.4. The summed E-state index contributed by atoms with van der Waals surface area (Å²) in [6.45, 7) is 1.62. The lowest BCUT2D eigenvalue weighted by molar-refractivity contribution is -0.122. The van der Waals surface area contributed by atoms with Gasteiger partial charge in [-0.3, -0.25) is 4.79 Å². The van der Waals surface area contributed by atoms with Gasteiger partial charge in [-0.25, -0.2) is 0 Å². The van der Waals surface area contributed by atoms with Gasteiger partial charge >= 0.3 is 0 Å². The van der Waals surface area contributed by atoms with E-state index in [-0.39, 0.29) is 5.92 Å². The molecule has 0 saturated carbocycles. The van der Waals surface area contributed by atoms with Crippen LogP contribution in [0.3, 0.4) is 0 Å². The maximum Gasteiger partial charge on any atom is 0.237 e. The number of benzene rings is 1. The van der Waals surface area contributed by atoms with Crippen molar-refractivity contribution in [3.63, 3.8) is 0 Å². The van der Waals surface area contributed by atoms with Crippen molar-refractivity contribution in [1.29, 1.82) is 0 Å². The van der Waals surface area contributed by atoms with Crippen LogP contribution in [0.1, 0.15) is 37.7 Å². The average Bonchev–Trinajstić information content (AvgIpc) is 2.35. The summed E-state index contributed by atoms with van der Waals surface area (Å²) >= 11 is 0. The third kappa shape index (κ3) is 3.96. The standard InChI is InChI=1S/C14H20N2O2/c1-14(16,13(15)18)9-5-8-12(10-17)11-6-3-2-4-7-11/h2-4,6-7,10,12H,5,8-9,16H2,1H3,(H2,15,18). The maximum absolute atomic E-state index is 11.1. The van der Waals surface area contributed by atoms with E-state index in [1.807, 2.05) is 30.3 Å². The number of carbonyl (C=O) groups is 2. The molecule has 1 amide bonds. The van der Waals surface area contributed by atoms with Gasteiger partial charge in [0, 0.05) is 5.92 Å². The number of hydrogen-bond donors (Lipinski definition) is 2. The Morgan fingerprint density at radius 3 is 2.50 bits per heavy atom. The van der Waals surface area contributed by atoms with Crippen LogP contribution in [-0.2, 0) is 9.59 Å². The monoisotopic (exact) mass is 248 g/mol. The highest BCUT2D eigenvalue weighted by atomic mass is 16.1. The first-order valence-electron chi connectivity index (χ1n) is 6.06. The minimum absolute atomic E-state index is 0.144. The van der Waals surface area contributed by atoms with Crippen LogP contribution in [0.2, 0.25) is 0 Å². The van der Waals surface area contributed by atoms with Crippen molar-refractivity contribution in [3.05, 3.63) is 35.9 Å². The van der Waals surface area contributed by atoms with E-state index in [1.54, 1.807) is 6.92 Å². The summed E-state index contributed by atoms with van der Waals surface area (Å²) in [5.74, 6) is -0.653. The molecule has 4 heteroatoms. The second kappa shape index (κ2) is 6.31. The van der Waals surface area contributed by atoms with Crippen LogP contribution in [0.25, 0.3) is 0 Å². The smallest absolute Gasteiger partial charge is 0.237 e. The molecular weight excluding hydrogens is 228 g/mol. The van der Waals surface area contributed by atoms with Gasteiger partial charge < -0.3 is 16.3 Å². The Morgan fingerprint density at radius 2 is 2.00 bits per heavy atom. The largest absolute Gasteiger partial charge is 0.368 e. The molecule has 98 valence electrons. The zero-order valence-corrected chi connectivity index (χ0v) is 10.6. The molecule has 0 aliphatic heterocycles.